The Balaban J connectivity index is 2.25. The van der Waals surface area contributed by atoms with Gasteiger partial charge in [0.15, 0.2) is 0 Å². The van der Waals surface area contributed by atoms with E-state index in [2.05, 4.69) is 6.58 Å². The highest BCUT2D eigenvalue weighted by molar-refractivity contribution is 5.78. The Morgan fingerprint density at radius 3 is 1.09 bits per heavy atom. The van der Waals surface area contributed by atoms with Crippen molar-refractivity contribution in [3.05, 3.63) is 77.4 Å². The molecule has 22 heavy (non-hydrogen) atoms. The summed E-state index contributed by atoms with van der Waals surface area (Å²) in [6, 6.07) is 8.59. The Kier molecular flexibility index (Phi) is 4.04. The first-order valence-corrected chi connectivity index (χ1v) is 6.13. The highest BCUT2D eigenvalue weighted by Gasteiger charge is 2.31. The summed E-state index contributed by atoms with van der Waals surface area (Å²) in [6.45, 7) is 3.72. The third kappa shape index (κ3) is 3.50. The molecule has 2 aromatic carbocycles. The van der Waals surface area contributed by atoms with Gasteiger partial charge in [0.2, 0.25) is 0 Å². The number of hydrogen-bond acceptors (Lipinski definition) is 0. The van der Waals surface area contributed by atoms with Crippen LogP contribution in [0, 0.1) is 0 Å². The van der Waals surface area contributed by atoms with E-state index in [1.807, 2.05) is 0 Å². The lowest BCUT2D eigenvalue weighted by atomic mass is 9.97. The molecule has 0 aromatic heterocycles. The molecule has 0 spiro atoms. The molecule has 0 aliphatic carbocycles. The van der Waals surface area contributed by atoms with Crippen molar-refractivity contribution in [1.82, 2.24) is 0 Å². The molecule has 0 N–H and O–H groups in total. The third-order valence-corrected chi connectivity index (χ3v) is 3.12. The molecule has 0 radical (unpaired) electrons. The van der Waals surface area contributed by atoms with Crippen molar-refractivity contribution in [2.24, 2.45) is 0 Å². The van der Waals surface area contributed by atoms with Gasteiger partial charge in [0.1, 0.15) is 0 Å². The van der Waals surface area contributed by atoms with Gasteiger partial charge in [-0.1, -0.05) is 30.8 Å². The summed E-state index contributed by atoms with van der Waals surface area (Å²) in [5.41, 5.74) is -0.420. The van der Waals surface area contributed by atoms with Crippen LogP contribution in [0.4, 0.5) is 26.3 Å². The number of hydrogen-bond donors (Lipinski definition) is 0. The van der Waals surface area contributed by atoms with E-state index in [0.717, 1.165) is 24.3 Å². The molecular weight excluding hydrogens is 306 g/mol. The molecule has 0 atom stereocenters. The van der Waals surface area contributed by atoms with E-state index in [0.29, 0.717) is 16.7 Å². The summed E-state index contributed by atoms with van der Waals surface area (Å²) >= 11 is 0. The summed E-state index contributed by atoms with van der Waals surface area (Å²) in [4.78, 5) is 0. The fourth-order valence-electron chi connectivity index (χ4n) is 1.89. The van der Waals surface area contributed by atoms with Gasteiger partial charge in [-0.2, -0.15) is 26.3 Å². The van der Waals surface area contributed by atoms with Gasteiger partial charge in [0.05, 0.1) is 11.1 Å². The molecule has 0 bridgehead atoms. The van der Waals surface area contributed by atoms with Gasteiger partial charge in [-0.3, -0.25) is 0 Å². The molecule has 0 fully saturated rings. The summed E-state index contributed by atoms with van der Waals surface area (Å²) in [5.74, 6) is 0. The van der Waals surface area contributed by atoms with E-state index in [1.165, 1.54) is 24.3 Å². The molecule has 0 aliphatic rings. The first kappa shape index (κ1) is 16.1. The van der Waals surface area contributed by atoms with Crippen LogP contribution >= 0.6 is 0 Å². The molecule has 0 nitrogen and oxygen atoms in total. The van der Waals surface area contributed by atoms with Crippen molar-refractivity contribution in [2.75, 3.05) is 0 Å². The van der Waals surface area contributed by atoms with Gasteiger partial charge in [-0.05, 0) is 41.0 Å². The van der Waals surface area contributed by atoms with Crippen LogP contribution in [0.15, 0.2) is 55.1 Å². The molecule has 0 amide bonds. The second-order valence-corrected chi connectivity index (χ2v) is 4.63. The average molecular weight is 316 g/mol. The van der Waals surface area contributed by atoms with Gasteiger partial charge < -0.3 is 0 Å². The Labute approximate surface area is 122 Å². The smallest absolute Gasteiger partial charge is 0.166 e. The number of rotatable bonds is 2. The summed E-state index contributed by atoms with van der Waals surface area (Å²) in [6.07, 6.45) is -8.87. The molecule has 0 saturated heterocycles. The zero-order valence-electron chi connectivity index (χ0n) is 11.1. The molecule has 0 aliphatic heterocycles. The Morgan fingerprint density at radius 2 is 0.864 bits per heavy atom. The fraction of sp³-hybridized carbons (Fsp3) is 0.125. The molecule has 0 heterocycles. The van der Waals surface area contributed by atoms with Crippen LogP contribution in [0.3, 0.4) is 0 Å². The first-order valence-electron chi connectivity index (χ1n) is 6.13. The van der Waals surface area contributed by atoms with Crippen LogP contribution in [0.2, 0.25) is 0 Å². The highest BCUT2D eigenvalue weighted by atomic mass is 19.4. The van der Waals surface area contributed by atoms with Crippen molar-refractivity contribution >= 4 is 5.57 Å². The predicted octanol–water partition coefficient (Wildman–Crippen LogP) is 5.79. The molecule has 2 aromatic rings. The minimum Gasteiger partial charge on any atom is -0.166 e. The monoisotopic (exact) mass is 316 g/mol. The van der Waals surface area contributed by atoms with E-state index in [-0.39, 0.29) is 0 Å². The van der Waals surface area contributed by atoms with Crippen LogP contribution in [-0.2, 0) is 12.4 Å². The van der Waals surface area contributed by atoms with E-state index < -0.39 is 23.5 Å². The zero-order valence-corrected chi connectivity index (χ0v) is 11.1. The van der Waals surface area contributed by atoms with Crippen molar-refractivity contribution in [3.8, 4) is 0 Å². The second kappa shape index (κ2) is 5.51. The third-order valence-electron chi connectivity index (χ3n) is 3.12. The maximum absolute atomic E-state index is 12.5. The lowest BCUT2D eigenvalue weighted by Crippen LogP contribution is -2.05. The van der Waals surface area contributed by atoms with Gasteiger partial charge in [0.25, 0.3) is 0 Å². The average Bonchev–Trinajstić information content (AvgIpc) is 2.45. The molecule has 0 saturated carbocycles. The van der Waals surface area contributed by atoms with E-state index in [4.69, 9.17) is 0 Å². The van der Waals surface area contributed by atoms with Crippen LogP contribution in [-0.4, -0.2) is 0 Å². The Morgan fingerprint density at radius 1 is 0.591 bits per heavy atom. The SMILES string of the molecule is C=C(c1ccc(C(F)(F)F)cc1)c1ccc(C(F)(F)F)cc1. The number of halogens is 6. The highest BCUT2D eigenvalue weighted by Crippen LogP contribution is 2.32. The predicted molar refractivity (Wildman–Crippen MR) is 71.0 cm³/mol. The van der Waals surface area contributed by atoms with Crippen LogP contribution in [0.5, 0.6) is 0 Å². The second-order valence-electron chi connectivity index (χ2n) is 4.63. The van der Waals surface area contributed by atoms with Crippen molar-refractivity contribution in [1.29, 1.82) is 0 Å². The van der Waals surface area contributed by atoms with Crippen LogP contribution in [0.1, 0.15) is 22.3 Å². The van der Waals surface area contributed by atoms with Gasteiger partial charge >= 0.3 is 12.4 Å². The largest absolute Gasteiger partial charge is 0.416 e. The standard InChI is InChI=1S/C16H10F6/c1-10(11-2-6-13(7-3-11)15(17,18)19)12-4-8-14(9-5-12)16(20,21)22/h2-9H,1H2. The molecular formula is C16H10F6. The topological polar surface area (TPSA) is 0 Å². The van der Waals surface area contributed by atoms with Crippen LogP contribution in [0.25, 0.3) is 5.57 Å². The first-order chi connectivity index (χ1) is 10.1. The van der Waals surface area contributed by atoms with Crippen molar-refractivity contribution < 1.29 is 26.3 Å². The quantitative estimate of drug-likeness (QED) is 0.616. The normalized spacial score (nSPS) is 12.3. The van der Waals surface area contributed by atoms with Crippen molar-refractivity contribution in [3.63, 3.8) is 0 Å². The van der Waals surface area contributed by atoms with E-state index in [9.17, 15) is 26.3 Å². The molecule has 2 rings (SSSR count). The van der Waals surface area contributed by atoms with E-state index >= 15 is 0 Å². The Bertz CT molecular complexity index is 600. The molecule has 0 unspecified atom stereocenters. The lowest BCUT2D eigenvalue weighted by molar-refractivity contribution is -0.138. The van der Waals surface area contributed by atoms with E-state index in [1.54, 1.807) is 0 Å². The minimum atomic E-state index is -4.44. The summed E-state index contributed by atoms with van der Waals surface area (Å²) in [7, 11) is 0. The number of alkyl halides is 6. The maximum atomic E-state index is 12.5. The molecule has 116 valence electrons. The minimum absolute atomic E-state index is 0.349. The summed E-state index contributed by atoms with van der Waals surface area (Å²) < 4.78 is 74.8. The number of benzene rings is 2. The lowest BCUT2D eigenvalue weighted by Gasteiger charge is -2.11. The van der Waals surface area contributed by atoms with Crippen LogP contribution < -0.4 is 0 Å². The maximum Gasteiger partial charge on any atom is 0.416 e. The van der Waals surface area contributed by atoms with Gasteiger partial charge in [-0.25, -0.2) is 0 Å². The Hall–Kier alpha value is -2.24. The van der Waals surface area contributed by atoms with Crippen molar-refractivity contribution in [2.45, 2.75) is 12.4 Å². The fourth-order valence-corrected chi connectivity index (χ4v) is 1.89. The van der Waals surface area contributed by atoms with Gasteiger partial charge in [-0.15, -0.1) is 0 Å². The summed E-state index contributed by atoms with van der Waals surface area (Å²) in [5, 5.41) is 0. The van der Waals surface area contributed by atoms with Gasteiger partial charge in [0, 0.05) is 0 Å². The zero-order chi connectivity index (χ0) is 16.5. The molecule has 6 heteroatoms.